The molecule has 0 radical (unpaired) electrons. The zero-order chi connectivity index (χ0) is 24.5. The molecular formula is C27H42N2O5. The lowest BCUT2D eigenvalue weighted by Crippen LogP contribution is -2.61. The van der Waals surface area contributed by atoms with E-state index in [2.05, 4.69) is 30.6 Å². The molecule has 190 valence electrons. The van der Waals surface area contributed by atoms with Crippen LogP contribution in [0.4, 0.5) is 0 Å². The van der Waals surface area contributed by atoms with Crippen LogP contribution in [0.15, 0.2) is 11.6 Å². The minimum Gasteiger partial charge on any atom is -0.390 e. The summed E-state index contributed by atoms with van der Waals surface area (Å²) in [6.45, 7) is 11.6. The first-order valence-corrected chi connectivity index (χ1v) is 13.4. The molecule has 4 fully saturated rings. The van der Waals surface area contributed by atoms with Gasteiger partial charge < -0.3 is 20.2 Å². The molecule has 8 atom stereocenters. The molecule has 0 aromatic heterocycles. The van der Waals surface area contributed by atoms with Gasteiger partial charge in [0.15, 0.2) is 11.6 Å². The molecule has 8 unspecified atom stereocenters. The first-order chi connectivity index (χ1) is 16.0. The lowest BCUT2D eigenvalue weighted by atomic mass is 9.46. The highest BCUT2D eigenvalue weighted by Crippen LogP contribution is 2.67. The van der Waals surface area contributed by atoms with E-state index in [1.807, 2.05) is 0 Å². The second-order valence-corrected chi connectivity index (χ2v) is 12.3. The largest absolute Gasteiger partial charge is 0.390 e. The number of aliphatic hydroxyl groups is 3. The van der Waals surface area contributed by atoms with Crippen molar-refractivity contribution in [2.45, 2.75) is 77.1 Å². The molecule has 34 heavy (non-hydrogen) atoms. The van der Waals surface area contributed by atoms with Gasteiger partial charge in [-0.3, -0.25) is 14.5 Å². The molecule has 1 heterocycles. The van der Waals surface area contributed by atoms with Crippen molar-refractivity contribution in [2.24, 2.45) is 28.6 Å². The Morgan fingerprint density at radius 2 is 1.71 bits per heavy atom. The molecule has 0 aromatic carbocycles. The number of hydrogen-bond donors (Lipinski definition) is 3. The van der Waals surface area contributed by atoms with Crippen LogP contribution < -0.4 is 0 Å². The second kappa shape index (κ2) is 8.48. The summed E-state index contributed by atoms with van der Waals surface area (Å²) >= 11 is 0. The van der Waals surface area contributed by atoms with Crippen LogP contribution in [0.2, 0.25) is 0 Å². The van der Waals surface area contributed by atoms with Crippen molar-refractivity contribution in [3.63, 3.8) is 0 Å². The number of Topliss-reactive ketones (excluding diaryl/α,β-unsaturated/α-hetero) is 1. The number of carbonyl (C=O) groups excluding carboxylic acids is 2. The average Bonchev–Trinajstić information content (AvgIpc) is 3.08. The number of allylic oxidation sites excluding steroid dienone is 1. The highest BCUT2D eigenvalue weighted by Gasteiger charge is 2.67. The SMILES string of the molecule is CCN1CCN(CC(=O)C2CCC3(O)C4=CC(=O)C5CC(O)C(O)CC5(C)C4CCC23C)CC1. The quantitative estimate of drug-likeness (QED) is 0.566. The Hall–Kier alpha value is -1.12. The van der Waals surface area contributed by atoms with Crippen molar-refractivity contribution >= 4 is 11.6 Å². The van der Waals surface area contributed by atoms with Crippen LogP contribution in [-0.2, 0) is 9.59 Å². The van der Waals surface area contributed by atoms with Gasteiger partial charge in [-0.25, -0.2) is 0 Å². The highest BCUT2D eigenvalue weighted by molar-refractivity contribution is 5.95. The molecule has 5 rings (SSSR count). The third kappa shape index (κ3) is 3.49. The van der Waals surface area contributed by atoms with Crippen LogP contribution in [-0.4, -0.2) is 93.8 Å². The van der Waals surface area contributed by atoms with Crippen molar-refractivity contribution < 1.29 is 24.9 Å². The van der Waals surface area contributed by atoms with E-state index < -0.39 is 28.6 Å². The molecule has 1 aliphatic heterocycles. The number of rotatable bonds is 4. The van der Waals surface area contributed by atoms with Crippen LogP contribution >= 0.6 is 0 Å². The van der Waals surface area contributed by atoms with Crippen LogP contribution in [0.25, 0.3) is 0 Å². The normalized spacial score (nSPS) is 47.5. The standard InChI is InChI=1S/C27H42N2O5/c1-4-28-9-11-29(12-10-28)16-24(33)18-6-8-27(34)19-13-21(30)20-14-22(31)23(32)15-25(20,2)17(19)5-7-26(18,27)3/h13,17-18,20,22-23,31-32,34H,4-12,14-16H2,1-3H3. The smallest absolute Gasteiger partial charge is 0.159 e. The van der Waals surface area contributed by atoms with E-state index in [-0.39, 0.29) is 35.7 Å². The minimum absolute atomic E-state index is 0.00796. The van der Waals surface area contributed by atoms with Gasteiger partial charge in [-0.1, -0.05) is 20.8 Å². The summed E-state index contributed by atoms with van der Waals surface area (Å²) in [4.78, 5) is 31.5. The zero-order valence-electron chi connectivity index (χ0n) is 21.0. The maximum absolute atomic E-state index is 13.5. The van der Waals surface area contributed by atoms with E-state index in [1.165, 1.54) is 0 Å². The van der Waals surface area contributed by atoms with E-state index in [1.54, 1.807) is 6.08 Å². The molecule has 1 saturated heterocycles. The van der Waals surface area contributed by atoms with Crippen molar-refractivity contribution in [3.8, 4) is 0 Å². The number of nitrogens with zero attached hydrogens (tertiary/aromatic N) is 2. The molecule has 5 aliphatic rings. The second-order valence-electron chi connectivity index (χ2n) is 12.3. The summed E-state index contributed by atoms with van der Waals surface area (Å²) in [5.74, 6) is -0.353. The van der Waals surface area contributed by atoms with Gasteiger partial charge in [0.2, 0.25) is 0 Å². The third-order valence-electron chi connectivity index (χ3n) is 10.8. The molecule has 7 heteroatoms. The summed E-state index contributed by atoms with van der Waals surface area (Å²) in [5.41, 5.74) is -1.42. The maximum atomic E-state index is 13.5. The fourth-order valence-electron chi connectivity index (χ4n) is 8.48. The number of likely N-dealkylation sites (N-methyl/N-ethyl adjacent to an activating group) is 1. The third-order valence-corrected chi connectivity index (χ3v) is 10.8. The monoisotopic (exact) mass is 474 g/mol. The van der Waals surface area contributed by atoms with Gasteiger partial charge in [-0.05, 0) is 68.1 Å². The van der Waals surface area contributed by atoms with Gasteiger partial charge in [0.1, 0.15) is 0 Å². The van der Waals surface area contributed by atoms with E-state index in [0.29, 0.717) is 25.8 Å². The number of aliphatic hydroxyl groups excluding tert-OH is 2. The van der Waals surface area contributed by atoms with E-state index in [9.17, 15) is 24.9 Å². The minimum atomic E-state index is -1.16. The van der Waals surface area contributed by atoms with Crippen molar-refractivity contribution in [2.75, 3.05) is 39.3 Å². The number of fused-ring (bicyclic) bond motifs is 5. The first-order valence-electron chi connectivity index (χ1n) is 13.4. The summed E-state index contributed by atoms with van der Waals surface area (Å²) in [6.07, 6.45) is 3.28. The Morgan fingerprint density at radius 1 is 1.03 bits per heavy atom. The van der Waals surface area contributed by atoms with Gasteiger partial charge in [0.25, 0.3) is 0 Å². The fraction of sp³-hybridized carbons (Fsp3) is 0.852. The van der Waals surface area contributed by atoms with Crippen molar-refractivity contribution in [3.05, 3.63) is 11.6 Å². The van der Waals surface area contributed by atoms with E-state index in [4.69, 9.17) is 0 Å². The van der Waals surface area contributed by atoms with Gasteiger partial charge >= 0.3 is 0 Å². The molecule has 0 aromatic rings. The Balaban J connectivity index is 1.38. The highest BCUT2D eigenvalue weighted by atomic mass is 16.3. The Labute approximate surface area is 203 Å². The number of piperazine rings is 1. The lowest BCUT2D eigenvalue weighted by Gasteiger charge is -2.59. The zero-order valence-corrected chi connectivity index (χ0v) is 21.0. The van der Waals surface area contributed by atoms with Gasteiger partial charge in [0, 0.05) is 43.4 Å². The maximum Gasteiger partial charge on any atom is 0.159 e. The van der Waals surface area contributed by atoms with E-state index in [0.717, 1.165) is 51.1 Å². The summed E-state index contributed by atoms with van der Waals surface area (Å²) in [6, 6.07) is 0. The molecule has 7 nitrogen and oxygen atoms in total. The molecule has 0 spiro atoms. The molecular weight excluding hydrogens is 432 g/mol. The molecule has 0 bridgehead atoms. The van der Waals surface area contributed by atoms with Gasteiger partial charge in [-0.15, -0.1) is 0 Å². The molecule has 3 N–H and O–H groups in total. The molecule has 3 saturated carbocycles. The Bertz CT molecular complexity index is 882. The average molecular weight is 475 g/mol. The molecule has 0 amide bonds. The van der Waals surface area contributed by atoms with Crippen LogP contribution in [0, 0.1) is 28.6 Å². The summed E-state index contributed by atoms with van der Waals surface area (Å²) in [7, 11) is 0. The topological polar surface area (TPSA) is 101 Å². The van der Waals surface area contributed by atoms with Crippen molar-refractivity contribution in [1.29, 1.82) is 0 Å². The Kier molecular flexibility index (Phi) is 6.13. The number of ketones is 2. The predicted octanol–water partition coefficient (Wildman–Crippen LogP) is 1.40. The first kappa shape index (κ1) is 24.6. The lowest BCUT2D eigenvalue weighted by molar-refractivity contribution is -0.154. The predicted molar refractivity (Wildman–Crippen MR) is 128 cm³/mol. The van der Waals surface area contributed by atoms with E-state index >= 15 is 0 Å². The fourth-order valence-corrected chi connectivity index (χ4v) is 8.48. The number of carbonyl (C=O) groups is 2. The van der Waals surface area contributed by atoms with Crippen LogP contribution in [0.5, 0.6) is 0 Å². The van der Waals surface area contributed by atoms with Crippen LogP contribution in [0.3, 0.4) is 0 Å². The van der Waals surface area contributed by atoms with Gasteiger partial charge in [-0.2, -0.15) is 0 Å². The summed E-state index contributed by atoms with van der Waals surface area (Å²) < 4.78 is 0. The van der Waals surface area contributed by atoms with Gasteiger partial charge in [0.05, 0.1) is 24.4 Å². The Morgan fingerprint density at radius 3 is 2.38 bits per heavy atom. The molecule has 4 aliphatic carbocycles. The summed E-state index contributed by atoms with van der Waals surface area (Å²) in [5, 5.41) is 32.9. The van der Waals surface area contributed by atoms with Crippen LogP contribution in [0.1, 0.15) is 59.3 Å². The van der Waals surface area contributed by atoms with Crippen molar-refractivity contribution in [1.82, 2.24) is 9.80 Å². The number of hydrogen-bond acceptors (Lipinski definition) is 7.